The summed E-state index contributed by atoms with van der Waals surface area (Å²) in [5.41, 5.74) is 4.87. The first kappa shape index (κ1) is 6.17. The first-order valence-electron chi connectivity index (χ1n) is 2.22. The van der Waals surface area contributed by atoms with Crippen LogP contribution in [-0.2, 0) is 4.79 Å². The zero-order chi connectivity index (χ0) is 6.31. The quantitative estimate of drug-likeness (QED) is 0.543. The predicted octanol–water partition coefficient (Wildman–Crippen LogP) is 0.316. The Balaban J connectivity index is 2.44. The molecule has 0 saturated heterocycles. The van der Waals surface area contributed by atoms with Gasteiger partial charge in [0, 0.05) is 0 Å². The van der Waals surface area contributed by atoms with Gasteiger partial charge in [-0.15, -0.1) is 23.2 Å². The molecule has 0 bridgehead atoms. The molecule has 2 N–H and O–H groups in total. The third-order valence-corrected chi connectivity index (χ3v) is 2.39. The molecule has 1 aliphatic rings. The summed E-state index contributed by atoms with van der Waals surface area (Å²) in [6.45, 7) is 0. The van der Waals surface area contributed by atoms with Crippen molar-refractivity contribution in [3.05, 3.63) is 0 Å². The van der Waals surface area contributed by atoms with Crippen molar-refractivity contribution in [3.63, 3.8) is 0 Å². The van der Waals surface area contributed by atoms with Gasteiger partial charge >= 0.3 is 0 Å². The van der Waals surface area contributed by atoms with Gasteiger partial charge in [0.1, 0.15) is 0 Å². The number of carbonyl (C=O) groups excluding carboxylic acids is 1. The molecule has 0 heterocycles. The number of halogens is 2. The van der Waals surface area contributed by atoms with Crippen molar-refractivity contribution in [2.24, 2.45) is 11.7 Å². The van der Waals surface area contributed by atoms with E-state index in [0.717, 1.165) is 0 Å². The highest BCUT2D eigenvalue weighted by Gasteiger charge is 2.51. The van der Waals surface area contributed by atoms with Crippen molar-refractivity contribution in [3.8, 4) is 0 Å². The molecule has 2 unspecified atom stereocenters. The van der Waals surface area contributed by atoms with Crippen molar-refractivity contribution in [1.29, 1.82) is 0 Å². The second kappa shape index (κ2) is 1.78. The molecule has 46 valence electrons. The molecule has 2 atom stereocenters. The van der Waals surface area contributed by atoms with Crippen LogP contribution in [0.3, 0.4) is 0 Å². The summed E-state index contributed by atoms with van der Waals surface area (Å²) in [7, 11) is 0. The molecule has 0 radical (unpaired) electrons. The van der Waals surface area contributed by atoms with Gasteiger partial charge in [0.05, 0.1) is 16.7 Å². The van der Waals surface area contributed by atoms with Gasteiger partial charge in [0.2, 0.25) is 5.91 Å². The van der Waals surface area contributed by atoms with Gasteiger partial charge in [-0.3, -0.25) is 4.79 Å². The van der Waals surface area contributed by atoms with Crippen LogP contribution < -0.4 is 5.73 Å². The summed E-state index contributed by atoms with van der Waals surface area (Å²) in [5, 5.41) is -0.455. The van der Waals surface area contributed by atoms with Crippen LogP contribution in [0.1, 0.15) is 0 Å². The number of alkyl halides is 2. The molecular formula is C4H5Cl2NO. The molecule has 1 rings (SSSR count). The highest BCUT2D eigenvalue weighted by molar-refractivity contribution is 6.37. The number of hydrogen-bond acceptors (Lipinski definition) is 1. The maximum absolute atomic E-state index is 10.2. The molecule has 0 aromatic rings. The van der Waals surface area contributed by atoms with E-state index in [9.17, 15) is 4.79 Å². The zero-order valence-electron chi connectivity index (χ0n) is 3.97. The van der Waals surface area contributed by atoms with Crippen LogP contribution in [0.2, 0.25) is 0 Å². The second-order valence-corrected chi connectivity index (χ2v) is 2.82. The van der Waals surface area contributed by atoms with E-state index in [0.29, 0.717) is 0 Å². The molecule has 1 amide bonds. The van der Waals surface area contributed by atoms with Gasteiger partial charge in [-0.2, -0.15) is 0 Å². The van der Waals surface area contributed by atoms with Crippen molar-refractivity contribution < 1.29 is 4.79 Å². The third-order valence-electron chi connectivity index (χ3n) is 1.18. The van der Waals surface area contributed by atoms with Gasteiger partial charge < -0.3 is 5.73 Å². The highest BCUT2D eigenvalue weighted by Crippen LogP contribution is 2.41. The van der Waals surface area contributed by atoms with Gasteiger partial charge in [-0.05, 0) is 0 Å². The SMILES string of the molecule is NC(=O)C1C(Cl)C1Cl. The average Bonchev–Trinajstić information content (AvgIpc) is 2.15. The van der Waals surface area contributed by atoms with Crippen LogP contribution in [0, 0.1) is 5.92 Å². The monoisotopic (exact) mass is 153 g/mol. The normalized spacial score (nSPS) is 44.0. The van der Waals surface area contributed by atoms with Crippen molar-refractivity contribution >= 4 is 29.1 Å². The summed E-state index contributed by atoms with van der Waals surface area (Å²) < 4.78 is 0. The lowest BCUT2D eigenvalue weighted by Gasteiger charge is -1.80. The lowest BCUT2D eigenvalue weighted by molar-refractivity contribution is -0.119. The molecule has 0 aromatic carbocycles. The van der Waals surface area contributed by atoms with Crippen molar-refractivity contribution in [2.45, 2.75) is 10.8 Å². The Labute approximate surface area is 56.9 Å². The number of hydrogen-bond donors (Lipinski definition) is 1. The van der Waals surface area contributed by atoms with Crippen molar-refractivity contribution in [2.75, 3.05) is 0 Å². The van der Waals surface area contributed by atoms with E-state index in [1.165, 1.54) is 0 Å². The first-order valence-corrected chi connectivity index (χ1v) is 3.09. The van der Waals surface area contributed by atoms with Crippen LogP contribution in [0.4, 0.5) is 0 Å². The Morgan fingerprint density at radius 1 is 1.38 bits per heavy atom. The standard InChI is InChI=1S/C4H5Cl2NO/c5-2-1(3(2)6)4(7)8/h1-3H,(H2,7,8). The smallest absolute Gasteiger partial charge is 0.223 e. The minimum atomic E-state index is -0.398. The van der Waals surface area contributed by atoms with Crippen LogP contribution in [0.25, 0.3) is 0 Å². The summed E-state index contributed by atoms with van der Waals surface area (Å²) in [5.74, 6) is -0.691. The molecule has 2 nitrogen and oxygen atoms in total. The Morgan fingerprint density at radius 2 is 1.75 bits per heavy atom. The zero-order valence-corrected chi connectivity index (χ0v) is 5.49. The van der Waals surface area contributed by atoms with E-state index in [1.54, 1.807) is 0 Å². The largest absolute Gasteiger partial charge is 0.369 e. The maximum Gasteiger partial charge on any atom is 0.223 e. The maximum atomic E-state index is 10.2. The van der Waals surface area contributed by atoms with Gasteiger partial charge in [0.25, 0.3) is 0 Å². The predicted molar refractivity (Wildman–Crippen MR) is 32.0 cm³/mol. The molecular weight excluding hydrogens is 149 g/mol. The summed E-state index contributed by atoms with van der Waals surface area (Å²) >= 11 is 10.9. The van der Waals surface area contributed by atoms with Crippen LogP contribution in [0.15, 0.2) is 0 Å². The summed E-state index contributed by atoms with van der Waals surface area (Å²) in [6, 6.07) is 0. The van der Waals surface area contributed by atoms with E-state index >= 15 is 0 Å². The number of carbonyl (C=O) groups is 1. The average molecular weight is 154 g/mol. The molecule has 0 aromatic heterocycles. The number of primary amides is 1. The number of nitrogens with two attached hydrogens (primary N) is 1. The summed E-state index contributed by atoms with van der Waals surface area (Å²) in [6.07, 6.45) is 0. The minimum Gasteiger partial charge on any atom is -0.369 e. The Morgan fingerprint density at radius 3 is 1.75 bits per heavy atom. The van der Waals surface area contributed by atoms with Gasteiger partial charge in [-0.25, -0.2) is 0 Å². The van der Waals surface area contributed by atoms with Crippen molar-refractivity contribution in [1.82, 2.24) is 0 Å². The van der Waals surface area contributed by atoms with E-state index in [1.807, 2.05) is 0 Å². The van der Waals surface area contributed by atoms with Crippen LogP contribution in [-0.4, -0.2) is 16.7 Å². The Bertz CT molecular complexity index is 119. The van der Waals surface area contributed by atoms with E-state index in [-0.39, 0.29) is 16.7 Å². The molecule has 0 aliphatic heterocycles. The second-order valence-electron chi connectivity index (χ2n) is 1.82. The molecule has 4 heteroatoms. The van der Waals surface area contributed by atoms with E-state index in [4.69, 9.17) is 28.9 Å². The Kier molecular flexibility index (Phi) is 1.37. The lowest BCUT2D eigenvalue weighted by Crippen LogP contribution is -2.14. The molecule has 0 spiro atoms. The lowest BCUT2D eigenvalue weighted by atomic mass is 10.4. The Hall–Kier alpha value is 0.0500. The van der Waals surface area contributed by atoms with Crippen LogP contribution >= 0.6 is 23.2 Å². The molecule has 1 aliphatic carbocycles. The van der Waals surface area contributed by atoms with Gasteiger partial charge in [-0.1, -0.05) is 0 Å². The number of rotatable bonds is 1. The first-order chi connectivity index (χ1) is 3.64. The fraction of sp³-hybridized carbons (Fsp3) is 0.750. The molecule has 1 saturated carbocycles. The van der Waals surface area contributed by atoms with Gasteiger partial charge in [0.15, 0.2) is 0 Å². The molecule has 8 heavy (non-hydrogen) atoms. The highest BCUT2D eigenvalue weighted by atomic mass is 35.5. The fourth-order valence-corrected chi connectivity index (χ4v) is 1.34. The third kappa shape index (κ3) is 0.782. The summed E-state index contributed by atoms with van der Waals surface area (Å²) in [4.78, 5) is 10.2. The van der Waals surface area contributed by atoms with E-state index < -0.39 is 5.91 Å². The molecule has 1 fully saturated rings. The minimum absolute atomic E-state index is 0.228. The van der Waals surface area contributed by atoms with Crippen LogP contribution in [0.5, 0.6) is 0 Å². The fourth-order valence-electron chi connectivity index (χ4n) is 0.554. The van der Waals surface area contributed by atoms with E-state index in [2.05, 4.69) is 0 Å². The topological polar surface area (TPSA) is 43.1 Å². The number of amides is 1.